The van der Waals surface area contributed by atoms with Crippen molar-refractivity contribution in [2.75, 3.05) is 24.6 Å². The number of carbonyl (C=O) groups excluding carboxylic acids is 1. The van der Waals surface area contributed by atoms with Crippen molar-refractivity contribution in [2.45, 2.75) is 56.2 Å². The van der Waals surface area contributed by atoms with Gasteiger partial charge in [-0.05, 0) is 37.7 Å². The number of thioether (sulfide) groups is 1. The summed E-state index contributed by atoms with van der Waals surface area (Å²) in [6.07, 6.45) is 4.40. The third-order valence-corrected chi connectivity index (χ3v) is 7.11. The molecule has 10 nitrogen and oxygen atoms in total. The van der Waals surface area contributed by atoms with Crippen LogP contribution in [0, 0.1) is 16.0 Å². The van der Waals surface area contributed by atoms with Crippen molar-refractivity contribution in [1.82, 2.24) is 14.8 Å². The average molecular weight is 461 g/mol. The summed E-state index contributed by atoms with van der Waals surface area (Å²) in [7, 11) is 0. The SMILES string of the molecule is CC1CCN(c2nnc(SCc3ccc(C(N)=O)cc3[N+](=O)[O-])n2CC2CCCO2)CC1. The minimum atomic E-state index is -0.691. The van der Waals surface area contributed by atoms with Crippen LogP contribution in [0.25, 0.3) is 0 Å². The molecule has 0 aliphatic carbocycles. The molecule has 0 radical (unpaired) electrons. The number of nitro benzene ring substituents is 1. The molecule has 1 atom stereocenters. The number of hydrogen-bond acceptors (Lipinski definition) is 8. The van der Waals surface area contributed by atoms with E-state index in [1.807, 2.05) is 0 Å². The van der Waals surface area contributed by atoms with Crippen molar-refractivity contribution in [2.24, 2.45) is 11.7 Å². The number of benzene rings is 1. The lowest BCUT2D eigenvalue weighted by atomic mass is 10.00. The zero-order valence-electron chi connectivity index (χ0n) is 18.1. The molecule has 2 aromatic rings. The Hall–Kier alpha value is -2.66. The van der Waals surface area contributed by atoms with Crippen LogP contribution in [0.15, 0.2) is 23.4 Å². The molecule has 32 heavy (non-hydrogen) atoms. The van der Waals surface area contributed by atoms with Crippen LogP contribution in [0.2, 0.25) is 0 Å². The molecule has 1 aromatic carbocycles. The molecule has 2 aliphatic rings. The molecule has 2 saturated heterocycles. The van der Waals surface area contributed by atoms with E-state index in [4.69, 9.17) is 10.5 Å². The molecule has 2 fully saturated rings. The van der Waals surface area contributed by atoms with E-state index in [0.29, 0.717) is 28.9 Å². The predicted octanol–water partition coefficient (Wildman–Crippen LogP) is 2.99. The van der Waals surface area contributed by atoms with Gasteiger partial charge in [0.25, 0.3) is 5.69 Å². The number of hydrogen-bond donors (Lipinski definition) is 1. The fourth-order valence-corrected chi connectivity index (χ4v) is 5.07. The summed E-state index contributed by atoms with van der Waals surface area (Å²) in [5.74, 6) is 1.19. The van der Waals surface area contributed by atoms with Crippen LogP contribution in [0.4, 0.5) is 11.6 Å². The molecule has 2 N–H and O–H groups in total. The summed E-state index contributed by atoms with van der Waals surface area (Å²) in [6, 6.07) is 4.33. The Bertz CT molecular complexity index is 983. The number of amides is 1. The second kappa shape index (κ2) is 9.86. The van der Waals surface area contributed by atoms with Crippen LogP contribution in [-0.2, 0) is 17.0 Å². The minimum absolute atomic E-state index is 0.119. The largest absolute Gasteiger partial charge is 0.376 e. The van der Waals surface area contributed by atoms with Gasteiger partial charge in [0.15, 0.2) is 5.16 Å². The second-order valence-electron chi connectivity index (χ2n) is 8.45. The number of ether oxygens (including phenoxy) is 1. The maximum absolute atomic E-state index is 11.5. The van der Waals surface area contributed by atoms with Crippen molar-refractivity contribution >= 4 is 29.3 Å². The molecule has 2 aliphatic heterocycles. The quantitative estimate of drug-likeness (QED) is 0.361. The van der Waals surface area contributed by atoms with Gasteiger partial charge in [0, 0.05) is 42.6 Å². The molecule has 11 heteroatoms. The standard InChI is InChI=1S/C21H28N6O4S/c1-14-6-8-25(9-7-14)20-23-24-21(26(20)12-17-3-2-10-31-17)32-13-16-5-4-15(19(22)28)11-18(16)27(29)30/h4-5,11,14,17H,2-3,6-10,12-13H2,1H3,(H2,22,28). The van der Waals surface area contributed by atoms with E-state index in [0.717, 1.165) is 51.3 Å². The fourth-order valence-electron chi connectivity index (χ4n) is 4.13. The number of rotatable bonds is 8. The summed E-state index contributed by atoms with van der Waals surface area (Å²) in [6.45, 7) is 5.58. The van der Waals surface area contributed by atoms with Crippen LogP contribution < -0.4 is 10.6 Å². The van der Waals surface area contributed by atoms with Crippen LogP contribution >= 0.6 is 11.8 Å². The van der Waals surface area contributed by atoms with E-state index in [2.05, 4.69) is 26.6 Å². The highest BCUT2D eigenvalue weighted by molar-refractivity contribution is 7.98. The van der Waals surface area contributed by atoms with Gasteiger partial charge in [-0.1, -0.05) is 24.8 Å². The van der Waals surface area contributed by atoms with Gasteiger partial charge < -0.3 is 15.4 Å². The Morgan fingerprint density at radius 3 is 2.75 bits per heavy atom. The third kappa shape index (κ3) is 5.04. The maximum atomic E-state index is 11.5. The molecule has 1 aromatic heterocycles. The summed E-state index contributed by atoms with van der Waals surface area (Å²) >= 11 is 1.40. The van der Waals surface area contributed by atoms with E-state index in [-0.39, 0.29) is 17.4 Å². The van der Waals surface area contributed by atoms with Crippen LogP contribution in [0.5, 0.6) is 0 Å². The zero-order chi connectivity index (χ0) is 22.7. The second-order valence-corrected chi connectivity index (χ2v) is 9.39. The van der Waals surface area contributed by atoms with Gasteiger partial charge in [0.05, 0.1) is 17.6 Å². The molecule has 0 spiro atoms. The van der Waals surface area contributed by atoms with Crippen molar-refractivity contribution in [3.05, 3.63) is 39.4 Å². The van der Waals surface area contributed by atoms with E-state index in [1.165, 1.54) is 23.9 Å². The minimum Gasteiger partial charge on any atom is -0.376 e. The van der Waals surface area contributed by atoms with Crippen molar-refractivity contribution in [3.8, 4) is 0 Å². The van der Waals surface area contributed by atoms with Gasteiger partial charge in [-0.15, -0.1) is 10.2 Å². The molecule has 1 unspecified atom stereocenters. The summed E-state index contributed by atoms with van der Waals surface area (Å²) in [4.78, 5) is 24.7. The number of nitrogens with two attached hydrogens (primary N) is 1. The van der Waals surface area contributed by atoms with Crippen LogP contribution in [0.3, 0.4) is 0 Å². The highest BCUT2D eigenvalue weighted by Gasteiger charge is 2.26. The molecule has 172 valence electrons. The van der Waals surface area contributed by atoms with Gasteiger partial charge in [-0.3, -0.25) is 19.5 Å². The summed E-state index contributed by atoms with van der Waals surface area (Å²) < 4.78 is 7.95. The number of anilines is 1. The van der Waals surface area contributed by atoms with Gasteiger partial charge >= 0.3 is 0 Å². The molecular formula is C21H28N6O4S. The molecule has 3 heterocycles. The highest BCUT2D eigenvalue weighted by atomic mass is 32.2. The number of nitro groups is 1. The Morgan fingerprint density at radius 1 is 1.31 bits per heavy atom. The first-order valence-electron chi connectivity index (χ1n) is 10.9. The number of carbonyl (C=O) groups is 1. The average Bonchev–Trinajstić information content (AvgIpc) is 3.43. The summed E-state index contributed by atoms with van der Waals surface area (Å²) in [5, 5.41) is 21.1. The van der Waals surface area contributed by atoms with Crippen molar-refractivity contribution in [3.63, 3.8) is 0 Å². The maximum Gasteiger partial charge on any atom is 0.274 e. The molecule has 0 saturated carbocycles. The van der Waals surface area contributed by atoms with Gasteiger partial charge in [0.2, 0.25) is 11.9 Å². The number of nitrogens with zero attached hydrogens (tertiary/aromatic N) is 5. The lowest BCUT2D eigenvalue weighted by Gasteiger charge is -2.31. The normalized spacial score (nSPS) is 19.4. The van der Waals surface area contributed by atoms with Crippen LogP contribution in [0.1, 0.15) is 48.5 Å². The van der Waals surface area contributed by atoms with E-state index in [9.17, 15) is 14.9 Å². The topological polar surface area (TPSA) is 129 Å². The molecular weight excluding hydrogens is 432 g/mol. The Labute approximate surface area is 190 Å². The molecule has 4 rings (SSSR count). The van der Waals surface area contributed by atoms with Gasteiger partial charge in [-0.2, -0.15) is 0 Å². The fraction of sp³-hybridized carbons (Fsp3) is 0.571. The van der Waals surface area contributed by atoms with Crippen molar-refractivity contribution < 1.29 is 14.5 Å². The van der Waals surface area contributed by atoms with Crippen molar-refractivity contribution in [1.29, 1.82) is 0 Å². The van der Waals surface area contributed by atoms with E-state index < -0.39 is 10.8 Å². The number of primary amides is 1. The highest BCUT2D eigenvalue weighted by Crippen LogP contribution is 2.32. The van der Waals surface area contributed by atoms with Crippen LogP contribution in [-0.4, -0.2) is 51.4 Å². The Balaban J connectivity index is 1.56. The zero-order valence-corrected chi connectivity index (χ0v) is 18.9. The molecule has 1 amide bonds. The lowest BCUT2D eigenvalue weighted by molar-refractivity contribution is -0.385. The predicted molar refractivity (Wildman–Crippen MR) is 121 cm³/mol. The third-order valence-electron chi connectivity index (χ3n) is 6.10. The van der Waals surface area contributed by atoms with E-state index in [1.54, 1.807) is 6.07 Å². The first kappa shape index (κ1) is 22.5. The Morgan fingerprint density at radius 2 is 2.09 bits per heavy atom. The number of piperidine rings is 1. The molecule has 0 bridgehead atoms. The first-order valence-corrected chi connectivity index (χ1v) is 11.9. The monoisotopic (exact) mass is 460 g/mol. The lowest BCUT2D eigenvalue weighted by Crippen LogP contribution is -2.35. The van der Waals surface area contributed by atoms with Gasteiger partial charge in [-0.25, -0.2) is 0 Å². The van der Waals surface area contributed by atoms with E-state index >= 15 is 0 Å². The summed E-state index contributed by atoms with van der Waals surface area (Å²) in [5.41, 5.74) is 5.78. The van der Waals surface area contributed by atoms with Gasteiger partial charge in [0.1, 0.15) is 0 Å². The smallest absolute Gasteiger partial charge is 0.274 e. The Kier molecular flexibility index (Phi) is 6.95. The first-order chi connectivity index (χ1) is 15.4. The number of aromatic nitrogens is 3.